The standard InChI is InChI=1S/C31H57N/c1-3-5-7-9-10-11-12-13-14-15-16-17-18-19-21-26-30-32(29-25-20-8-6-4-2)31-27-23-22-24-28-31/h22-24,27-28H,3-21,25-26,29-30H2,1-2H3. The molecule has 186 valence electrons. The summed E-state index contributed by atoms with van der Waals surface area (Å²) >= 11 is 0. The molecule has 1 aromatic rings. The first-order chi connectivity index (χ1) is 15.9. The molecule has 0 aliphatic carbocycles. The Morgan fingerprint density at radius 3 is 1.06 bits per heavy atom. The van der Waals surface area contributed by atoms with Gasteiger partial charge in [0.05, 0.1) is 0 Å². The molecule has 0 fully saturated rings. The van der Waals surface area contributed by atoms with E-state index in [0.29, 0.717) is 0 Å². The summed E-state index contributed by atoms with van der Waals surface area (Å²) in [5, 5.41) is 0. The van der Waals surface area contributed by atoms with Gasteiger partial charge in [0, 0.05) is 18.8 Å². The first-order valence-corrected chi connectivity index (χ1v) is 14.7. The molecule has 0 aliphatic heterocycles. The molecule has 32 heavy (non-hydrogen) atoms. The Kier molecular flexibility index (Phi) is 21.1. The molecule has 1 rings (SSSR count). The zero-order chi connectivity index (χ0) is 23.0. The fraction of sp³-hybridized carbons (Fsp3) is 0.806. The van der Waals surface area contributed by atoms with Crippen LogP contribution in [0.4, 0.5) is 5.69 Å². The van der Waals surface area contributed by atoms with E-state index in [9.17, 15) is 0 Å². The van der Waals surface area contributed by atoms with Crippen LogP contribution in [0, 0.1) is 0 Å². The molecule has 0 amide bonds. The molecule has 0 saturated heterocycles. The van der Waals surface area contributed by atoms with Gasteiger partial charge in [-0.15, -0.1) is 0 Å². The van der Waals surface area contributed by atoms with Gasteiger partial charge in [-0.2, -0.15) is 0 Å². The molecule has 0 aliphatic rings. The maximum Gasteiger partial charge on any atom is 0.0366 e. The molecule has 0 N–H and O–H groups in total. The summed E-state index contributed by atoms with van der Waals surface area (Å²) in [6, 6.07) is 11.1. The van der Waals surface area contributed by atoms with E-state index in [1.165, 1.54) is 154 Å². The van der Waals surface area contributed by atoms with E-state index >= 15 is 0 Å². The molecule has 1 nitrogen and oxygen atoms in total. The quantitative estimate of drug-likeness (QED) is 0.144. The second-order valence-electron chi connectivity index (χ2n) is 10.0. The molecule has 1 heteroatoms. The van der Waals surface area contributed by atoms with E-state index in [2.05, 4.69) is 49.1 Å². The van der Waals surface area contributed by atoms with Crippen LogP contribution in [0.1, 0.15) is 149 Å². The third-order valence-electron chi connectivity index (χ3n) is 6.93. The second-order valence-corrected chi connectivity index (χ2v) is 10.0. The SMILES string of the molecule is CCCCCCCCCCCCCCCCCCN(CCCCCCC)c1ccccc1. The first kappa shape index (κ1) is 29.1. The van der Waals surface area contributed by atoms with Crippen molar-refractivity contribution in [3.63, 3.8) is 0 Å². The van der Waals surface area contributed by atoms with Crippen LogP contribution in [0.25, 0.3) is 0 Å². The fourth-order valence-corrected chi connectivity index (χ4v) is 4.77. The molecule has 0 saturated carbocycles. The largest absolute Gasteiger partial charge is 0.372 e. The third-order valence-corrected chi connectivity index (χ3v) is 6.93. The topological polar surface area (TPSA) is 3.24 Å². The minimum atomic E-state index is 1.23. The zero-order valence-electron chi connectivity index (χ0n) is 22.1. The highest BCUT2D eigenvalue weighted by Gasteiger charge is 2.05. The van der Waals surface area contributed by atoms with Crippen molar-refractivity contribution in [2.45, 2.75) is 149 Å². The smallest absolute Gasteiger partial charge is 0.0366 e. The normalized spacial score (nSPS) is 11.2. The van der Waals surface area contributed by atoms with Crippen molar-refractivity contribution in [2.75, 3.05) is 18.0 Å². The van der Waals surface area contributed by atoms with E-state index in [-0.39, 0.29) is 0 Å². The highest BCUT2D eigenvalue weighted by molar-refractivity contribution is 5.45. The number of hydrogen-bond donors (Lipinski definition) is 0. The minimum Gasteiger partial charge on any atom is -0.372 e. The summed E-state index contributed by atoms with van der Waals surface area (Å²) in [5.74, 6) is 0. The number of para-hydroxylation sites is 1. The third kappa shape index (κ3) is 17.6. The Balaban J connectivity index is 1.96. The fourth-order valence-electron chi connectivity index (χ4n) is 4.77. The lowest BCUT2D eigenvalue weighted by atomic mass is 10.0. The Morgan fingerprint density at radius 1 is 0.406 bits per heavy atom. The number of anilines is 1. The maximum absolute atomic E-state index is 2.63. The Hall–Kier alpha value is -0.980. The van der Waals surface area contributed by atoms with Crippen molar-refractivity contribution in [2.24, 2.45) is 0 Å². The molecule has 0 bridgehead atoms. The van der Waals surface area contributed by atoms with Crippen molar-refractivity contribution in [3.05, 3.63) is 30.3 Å². The van der Waals surface area contributed by atoms with E-state index in [1.54, 1.807) is 0 Å². The van der Waals surface area contributed by atoms with E-state index in [0.717, 1.165) is 0 Å². The van der Waals surface area contributed by atoms with Crippen LogP contribution in [0.15, 0.2) is 30.3 Å². The minimum absolute atomic E-state index is 1.23. The van der Waals surface area contributed by atoms with Crippen LogP contribution in [0.5, 0.6) is 0 Å². The van der Waals surface area contributed by atoms with E-state index < -0.39 is 0 Å². The lowest BCUT2D eigenvalue weighted by Crippen LogP contribution is -2.25. The molecular formula is C31H57N. The van der Waals surface area contributed by atoms with E-state index in [1.807, 2.05) is 0 Å². The highest BCUT2D eigenvalue weighted by Crippen LogP contribution is 2.17. The number of benzene rings is 1. The Labute approximate surface area is 202 Å². The number of unbranched alkanes of at least 4 members (excludes halogenated alkanes) is 19. The van der Waals surface area contributed by atoms with Crippen LogP contribution in [-0.4, -0.2) is 13.1 Å². The zero-order valence-corrected chi connectivity index (χ0v) is 22.1. The van der Waals surface area contributed by atoms with Crippen LogP contribution in [0.3, 0.4) is 0 Å². The molecule has 0 radical (unpaired) electrons. The number of hydrogen-bond acceptors (Lipinski definition) is 1. The second kappa shape index (κ2) is 23.2. The molecular weight excluding hydrogens is 386 g/mol. The Morgan fingerprint density at radius 2 is 0.719 bits per heavy atom. The summed E-state index contributed by atoms with van der Waals surface area (Å²) in [6.45, 7) is 7.06. The average Bonchev–Trinajstić information content (AvgIpc) is 2.83. The molecule has 0 heterocycles. The molecule has 0 unspecified atom stereocenters. The lowest BCUT2D eigenvalue weighted by molar-refractivity contribution is 0.528. The van der Waals surface area contributed by atoms with Gasteiger partial charge >= 0.3 is 0 Å². The molecule has 0 atom stereocenters. The van der Waals surface area contributed by atoms with Crippen molar-refractivity contribution in [1.82, 2.24) is 0 Å². The monoisotopic (exact) mass is 443 g/mol. The van der Waals surface area contributed by atoms with Crippen molar-refractivity contribution in [3.8, 4) is 0 Å². The summed E-state index contributed by atoms with van der Waals surface area (Å²) < 4.78 is 0. The molecule has 0 aromatic heterocycles. The number of nitrogens with zero attached hydrogens (tertiary/aromatic N) is 1. The van der Waals surface area contributed by atoms with E-state index in [4.69, 9.17) is 0 Å². The van der Waals surface area contributed by atoms with Gasteiger partial charge in [-0.25, -0.2) is 0 Å². The van der Waals surface area contributed by atoms with Gasteiger partial charge in [-0.3, -0.25) is 0 Å². The number of rotatable bonds is 24. The highest BCUT2D eigenvalue weighted by atomic mass is 15.1. The van der Waals surface area contributed by atoms with Crippen LogP contribution >= 0.6 is 0 Å². The van der Waals surface area contributed by atoms with Gasteiger partial charge < -0.3 is 4.90 Å². The van der Waals surface area contributed by atoms with Gasteiger partial charge in [-0.05, 0) is 25.0 Å². The summed E-state index contributed by atoms with van der Waals surface area (Å²) in [5.41, 5.74) is 1.42. The van der Waals surface area contributed by atoms with Crippen molar-refractivity contribution < 1.29 is 0 Å². The van der Waals surface area contributed by atoms with Gasteiger partial charge in [0.2, 0.25) is 0 Å². The van der Waals surface area contributed by atoms with Crippen LogP contribution in [0.2, 0.25) is 0 Å². The molecule has 1 aromatic carbocycles. The lowest BCUT2D eigenvalue weighted by Gasteiger charge is -2.25. The van der Waals surface area contributed by atoms with Crippen LogP contribution in [-0.2, 0) is 0 Å². The van der Waals surface area contributed by atoms with Gasteiger partial charge in [0.25, 0.3) is 0 Å². The predicted molar refractivity (Wildman–Crippen MR) is 147 cm³/mol. The van der Waals surface area contributed by atoms with Gasteiger partial charge in [-0.1, -0.05) is 154 Å². The molecule has 0 spiro atoms. The Bertz CT molecular complexity index is 469. The van der Waals surface area contributed by atoms with Gasteiger partial charge in [0.1, 0.15) is 0 Å². The summed E-state index contributed by atoms with van der Waals surface area (Å²) in [6.07, 6.45) is 30.0. The summed E-state index contributed by atoms with van der Waals surface area (Å²) in [4.78, 5) is 2.63. The first-order valence-electron chi connectivity index (χ1n) is 14.7. The van der Waals surface area contributed by atoms with Crippen LogP contribution < -0.4 is 4.90 Å². The summed E-state index contributed by atoms with van der Waals surface area (Å²) in [7, 11) is 0. The average molecular weight is 444 g/mol. The van der Waals surface area contributed by atoms with Crippen molar-refractivity contribution >= 4 is 5.69 Å². The predicted octanol–water partition coefficient (Wildman–Crippen LogP) is 10.7. The van der Waals surface area contributed by atoms with Crippen molar-refractivity contribution in [1.29, 1.82) is 0 Å². The van der Waals surface area contributed by atoms with Gasteiger partial charge in [0.15, 0.2) is 0 Å². The maximum atomic E-state index is 2.63.